The second-order valence-electron chi connectivity index (χ2n) is 7.51. The van der Waals surface area contributed by atoms with Crippen molar-refractivity contribution in [1.82, 2.24) is 9.97 Å². The monoisotopic (exact) mass is 495 g/mol. The van der Waals surface area contributed by atoms with Crippen molar-refractivity contribution in [3.05, 3.63) is 47.4 Å². The van der Waals surface area contributed by atoms with E-state index in [0.717, 1.165) is 7.11 Å². The number of carbonyl (C=O) groups is 2. The van der Waals surface area contributed by atoms with E-state index in [0.29, 0.717) is 22.5 Å². The van der Waals surface area contributed by atoms with Gasteiger partial charge in [-0.05, 0) is 42.3 Å². The molecule has 0 aliphatic rings. The normalized spacial score (nSPS) is 12.7. The maximum Gasteiger partial charge on any atom is 0.305 e. The third-order valence-electron chi connectivity index (χ3n) is 4.58. The fourth-order valence-corrected chi connectivity index (χ4v) is 3.22. The van der Waals surface area contributed by atoms with Crippen LogP contribution in [0.3, 0.4) is 0 Å². The number of anilines is 1. The van der Waals surface area contributed by atoms with E-state index < -0.39 is 41.1 Å². The molecule has 2 rings (SSSR count). The number of aliphatic hydroxyl groups excluding tert-OH is 2. The van der Waals surface area contributed by atoms with Crippen LogP contribution in [0.5, 0.6) is 0 Å². The van der Waals surface area contributed by atoms with Gasteiger partial charge >= 0.3 is 5.97 Å². The molecule has 0 radical (unpaired) electrons. The van der Waals surface area contributed by atoms with Gasteiger partial charge in [-0.25, -0.2) is 18.6 Å². The van der Waals surface area contributed by atoms with Gasteiger partial charge < -0.3 is 15.3 Å². The van der Waals surface area contributed by atoms with Gasteiger partial charge in [0.25, 0.3) is 0 Å². The zero-order valence-electron chi connectivity index (χ0n) is 19.7. The molecular weight excluding hydrogens is 465 g/mol. The number of nitrogens with zero attached hydrogens (tertiary/aromatic N) is 3. The van der Waals surface area contributed by atoms with Crippen molar-refractivity contribution in [1.29, 1.82) is 0 Å². The van der Waals surface area contributed by atoms with Crippen molar-refractivity contribution >= 4 is 34.8 Å². The Hall–Kier alpha value is -3.02. The predicted octanol–water partition coefficient (Wildman–Crippen LogP) is 2.55. The van der Waals surface area contributed by atoms with Gasteiger partial charge in [0.05, 0.1) is 23.9 Å². The molecule has 0 saturated carbocycles. The van der Waals surface area contributed by atoms with Crippen LogP contribution in [0.15, 0.2) is 30.3 Å². The summed E-state index contributed by atoms with van der Waals surface area (Å²) in [6.45, 7) is 3.80. The van der Waals surface area contributed by atoms with Gasteiger partial charge in [0, 0.05) is 38.0 Å². The third-order valence-corrected chi connectivity index (χ3v) is 5.51. The van der Waals surface area contributed by atoms with Gasteiger partial charge in [0.15, 0.2) is 5.78 Å². The van der Waals surface area contributed by atoms with Crippen molar-refractivity contribution in [2.75, 3.05) is 24.7 Å². The van der Waals surface area contributed by atoms with Crippen molar-refractivity contribution in [2.24, 2.45) is 0 Å². The summed E-state index contributed by atoms with van der Waals surface area (Å²) in [5.41, 5.74) is 2.10. The Labute approximate surface area is 200 Å². The molecule has 0 aliphatic carbocycles. The molecule has 0 saturated heterocycles. The Morgan fingerprint density at radius 1 is 1.15 bits per heavy atom. The van der Waals surface area contributed by atoms with Crippen molar-refractivity contribution in [3.8, 4) is 11.3 Å². The van der Waals surface area contributed by atoms with Crippen LogP contribution >= 0.6 is 0 Å². The Morgan fingerprint density at radius 3 is 2.24 bits per heavy atom. The molecule has 2 aromatic rings. The summed E-state index contributed by atoms with van der Waals surface area (Å²) in [6.07, 6.45) is 2.07. The number of ketones is 1. The van der Waals surface area contributed by atoms with Gasteiger partial charge in [0.2, 0.25) is 5.95 Å². The summed E-state index contributed by atoms with van der Waals surface area (Å²) in [5.74, 6) is -1.96. The van der Waals surface area contributed by atoms with E-state index in [1.807, 2.05) is 13.8 Å². The van der Waals surface area contributed by atoms with E-state index in [1.165, 1.54) is 34.8 Å². The molecule has 34 heavy (non-hydrogen) atoms. The first-order valence-electron chi connectivity index (χ1n) is 10.3. The summed E-state index contributed by atoms with van der Waals surface area (Å²) >= 11 is 0. The van der Waals surface area contributed by atoms with Gasteiger partial charge in [-0.3, -0.25) is 13.9 Å². The molecule has 9 nitrogen and oxygen atoms in total. The van der Waals surface area contributed by atoms with Gasteiger partial charge in [-0.2, -0.15) is 0 Å². The number of aliphatic hydroxyl groups is 2. The Balaban J connectivity index is 0.00000281. The summed E-state index contributed by atoms with van der Waals surface area (Å²) in [4.78, 5) is 32.0. The molecule has 1 heterocycles. The van der Waals surface area contributed by atoms with Gasteiger partial charge in [-0.15, -0.1) is 0 Å². The van der Waals surface area contributed by atoms with E-state index in [1.54, 1.807) is 19.2 Å². The Kier molecular flexibility index (Phi) is 11.6. The maximum atomic E-state index is 13.5. The van der Waals surface area contributed by atoms with Crippen LogP contribution in [-0.2, 0) is 20.6 Å². The standard InChI is InChI=1S/C22H26FN3O5S.CH4O/c1-13(2)20-18(10-9-16(27)11-17(28)12-19(29)30)21(14-5-7-15(23)8-6-14)25-22(24-20)26(3)32(4)31;1-2/h5-10,13,17,28H,11-12H2,1-4H3,(H,29,30);2H,1H3/b10-9+;. The quantitative estimate of drug-likeness (QED) is 0.427. The number of aliphatic carboxylic acids is 1. The minimum absolute atomic E-state index is 0.0954. The molecular formula is C23H30FN3O6S. The SMILES string of the molecule is CC(C)c1nc(N(C)S(C)=O)nc(-c2ccc(F)cc2)c1/C=C/C(=O)CC(O)CC(=O)O.CO. The highest BCUT2D eigenvalue weighted by molar-refractivity contribution is 7.85. The highest BCUT2D eigenvalue weighted by atomic mass is 32.2. The first-order chi connectivity index (χ1) is 16.0. The number of allylic oxidation sites excluding steroid dienone is 1. The van der Waals surface area contributed by atoms with E-state index in [4.69, 9.17) is 10.2 Å². The largest absolute Gasteiger partial charge is 0.481 e. The summed E-state index contributed by atoms with van der Waals surface area (Å²) in [7, 11) is 1.21. The molecule has 0 aliphatic heterocycles. The number of rotatable bonds is 10. The van der Waals surface area contributed by atoms with E-state index >= 15 is 0 Å². The summed E-state index contributed by atoms with van der Waals surface area (Å²) < 4.78 is 26.9. The van der Waals surface area contributed by atoms with Crippen LogP contribution < -0.4 is 4.31 Å². The third kappa shape index (κ3) is 8.40. The number of carboxylic acid groups (broad SMARTS) is 1. The number of carbonyl (C=O) groups excluding carboxylic acids is 1. The Morgan fingerprint density at radius 2 is 1.74 bits per heavy atom. The Bertz CT molecular complexity index is 1040. The smallest absolute Gasteiger partial charge is 0.305 e. The van der Waals surface area contributed by atoms with Gasteiger partial charge in [0.1, 0.15) is 16.8 Å². The van der Waals surface area contributed by atoms with Crippen molar-refractivity contribution < 1.29 is 33.5 Å². The van der Waals surface area contributed by atoms with E-state index in [-0.39, 0.29) is 18.3 Å². The number of hydrogen-bond donors (Lipinski definition) is 3. The molecule has 2 atom stereocenters. The lowest BCUT2D eigenvalue weighted by atomic mass is 9.97. The van der Waals surface area contributed by atoms with Crippen LogP contribution in [0.4, 0.5) is 10.3 Å². The molecule has 0 fully saturated rings. The first-order valence-corrected chi connectivity index (χ1v) is 11.8. The molecule has 0 spiro atoms. The predicted molar refractivity (Wildman–Crippen MR) is 129 cm³/mol. The van der Waals surface area contributed by atoms with Crippen molar-refractivity contribution in [2.45, 2.75) is 38.7 Å². The molecule has 1 aromatic carbocycles. The molecule has 11 heteroatoms. The molecule has 3 N–H and O–H groups in total. The summed E-state index contributed by atoms with van der Waals surface area (Å²) in [5, 5.41) is 25.4. The highest BCUT2D eigenvalue weighted by Gasteiger charge is 2.20. The zero-order chi connectivity index (χ0) is 26.0. The molecule has 2 unspecified atom stereocenters. The second kappa shape index (κ2) is 13.6. The number of halogens is 1. The van der Waals surface area contributed by atoms with E-state index in [2.05, 4.69) is 9.97 Å². The number of benzene rings is 1. The highest BCUT2D eigenvalue weighted by Crippen LogP contribution is 2.31. The average molecular weight is 496 g/mol. The lowest BCUT2D eigenvalue weighted by molar-refractivity contribution is -0.139. The average Bonchev–Trinajstić information content (AvgIpc) is 2.77. The topological polar surface area (TPSA) is 141 Å². The molecule has 0 bridgehead atoms. The molecule has 0 amide bonds. The fourth-order valence-electron chi connectivity index (χ4n) is 2.91. The first kappa shape index (κ1) is 29.0. The minimum Gasteiger partial charge on any atom is -0.481 e. The minimum atomic E-state index is -1.38. The lowest BCUT2D eigenvalue weighted by Crippen LogP contribution is -2.22. The lowest BCUT2D eigenvalue weighted by Gasteiger charge is -2.20. The van der Waals surface area contributed by atoms with Crippen LogP contribution in [-0.4, -0.2) is 67.8 Å². The number of carboxylic acids is 1. The van der Waals surface area contributed by atoms with Crippen molar-refractivity contribution in [3.63, 3.8) is 0 Å². The maximum absolute atomic E-state index is 13.5. The van der Waals surface area contributed by atoms with Crippen LogP contribution in [0.2, 0.25) is 0 Å². The molecule has 186 valence electrons. The van der Waals surface area contributed by atoms with E-state index in [9.17, 15) is 23.3 Å². The van der Waals surface area contributed by atoms with Crippen LogP contribution in [0.1, 0.15) is 43.9 Å². The van der Waals surface area contributed by atoms with Crippen LogP contribution in [0.25, 0.3) is 17.3 Å². The number of hydrogen-bond acceptors (Lipinski definition) is 7. The summed E-state index contributed by atoms with van der Waals surface area (Å²) in [6, 6.07) is 5.66. The second-order valence-corrected chi connectivity index (χ2v) is 8.90. The zero-order valence-corrected chi connectivity index (χ0v) is 20.5. The fraction of sp³-hybridized carbons (Fsp3) is 0.391. The van der Waals surface area contributed by atoms with Crippen LogP contribution in [0, 0.1) is 5.82 Å². The number of aromatic nitrogens is 2. The van der Waals surface area contributed by atoms with Gasteiger partial charge in [-0.1, -0.05) is 13.8 Å². The molecule has 1 aromatic heterocycles.